The van der Waals surface area contributed by atoms with Crippen molar-refractivity contribution in [2.24, 2.45) is 17.8 Å². The van der Waals surface area contributed by atoms with Crippen LogP contribution in [0.1, 0.15) is 31.7 Å². The van der Waals surface area contributed by atoms with Gasteiger partial charge in [0.2, 0.25) is 6.54 Å². The van der Waals surface area contributed by atoms with Gasteiger partial charge in [-0.3, -0.25) is 24.5 Å². The van der Waals surface area contributed by atoms with E-state index in [1.165, 1.54) is 5.57 Å². The first kappa shape index (κ1) is 21.7. The number of amides is 1. The van der Waals surface area contributed by atoms with E-state index in [4.69, 9.17) is 4.74 Å². The van der Waals surface area contributed by atoms with Crippen LogP contribution >= 0.6 is 0 Å². The third kappa shape index (κ3) is 5.31. The normalized spacial score (nSPS) is 23.8. The maximum absolute atomic E-state index is 12.4. The first-order valence-corrected chi connectivity index (χ1v) is 10.2. The van der Waals surface area contributed by atoms with Crippen molar-refractivity contribution in [3.8, 4) is 0 Å². The molecule has 0 spiro atoms. The summed E-state index contributed by atoms with van der Waals surface area (Å²) in [5, 5.41) is 10.9. The minimum absolute atomic E-state index is 0.138. The number of ketones is 1. The van der Waals surface area contributed by atoms with E-state index >= 15 is 0 Å². The molecule has 0 bridgehead atoms. The zero-order chi connectivity index (χ0) is 21.7. The Balaban J connectivity index is 1.48. The number of esters is 1. The molecule has 1 aliphatic carbocycles. The highest BCUT2D eigenvalue weighted by atomic mass is 16.6. The number of hydrogen-bond acceptors (Lipinski definition) is 6. The third-order valence-electron chi connectivity index (χ3n) is 5.99. The van der Waals surface area contributed by atoms with Gasteiger partial charge in [-0.1, -0.05) is 43.3 Å². The molecule has 0 aromatic heterocycles. The summed E-state index contributed by atoms with van der Waals surface area (Å²) in [6.45, 7) is 2.05. The highest BCUT2D eigenvalue weighted by molar-refractivity contribution is 5.88. The van der Waals surface area contributed by atoms with Crippen molar-refractivity contribution < 1.29 is 24.0 Å². The Morgan fingerprint density at radius 3 is 2.63 bits per heavy atom. The van der Waals surface area contributed by atoms with E-state index in [-0.39, 0.29) is 43.6 Å². The Hall–Kier alpha value is -3.03. The number of ether oxygens (including phenoxy) is 1. The lowest BCUT2D eigenvalue weighted by Gasteiger charge is -2.26. The molecule has 1 aromatic carbocycles. The molecule has 1 aromatic rings. The van der Waals surface area contributed by atoms with Crippen LogP contribution in [0.3, 0.4) is 0 Å². The first-order chi connectivity index (χ1) is 14.3. The summed E-state index contributed by atoms with van der Waals surface area (Å²) in [5.74, 6) is -2.42. The Kier molecular flexibility index (Phi) is 6.97. The molecule has 2 aliphatic rings. The predicted octanol–water partition coefficient (Wildman–Crippen LogP) is 2.35. The van der Waals surface area contributed by atoms with Gasteiger partial charge < -0.3 is 9.64 Å². The van der Waals surface area contributed by atoms with Gasteiger partial charge in [0.05, 0.1) is 6.42 Å². The highest BCUT2D eigenvalue weighted by Gasteiger charge is 2.44. The van der Waals surface area contributed by atoms with E-state index in [1.807, 2.05) is 36.4 Å². The van der Waals surface area contributed by atoms with Crippen LogP contribution in [0.5, 0.6) is 0 Å². The number of nitrogens with zero attached hydrogens (tertiary/aromatic N) is 2. The molecule has 0 unspecified atom stereocenters. The molecule has 8 nitrogen and oxygen atoms in total. The van der Waals surface area contributed by atoms with Gasteiger partial charge in [-0.05, 0) is 23.5 Å². The topological polar surface area (TPSA) is 107 Å². The summed E-state index contributed by atoms with van der Waals surface area (Å²) < 4.78 is 5.09. The van der Waals surface area contributed by atoms with Crippen molar-refractivity contribution in [2.75, 3.05) is 26.2 Å². The van der Waals surface area contributed by atoms with Gasteiger partial charge in [0, 0.05) is 36.3 Å². The lowest BCUT2D eigenvalue weighted by atomic mass is 9.88. The monoisotopic (exact) mass is 414 g/mol. The van der Waals surface area contributed by atoms with Crippen LogP contribution in [-0.4, -0.2) is 53.7 Å². The van der Waals surface area contributed by atoms with Crippen molar-refractivity contribution in [3.63, 3.8) is 0 Å². The fraction of sp³-hybridized carbons (Fsp3) is 0.500. The fourth-order valence-electron chi connectivity index (χ4n) is 4.28. The SMILES string of the molecule is C[C@H]1CC(=O)[C@@H](CC(=O)OCC(=O)N2CC=C(c3ccccc3)CC2)[C@@H]1C[N+](=O)[O-]. The van der Waals surface area contributed by atoms with Crippen LogP contribution < -0.4 is 0 Å². The number of Topliss-reactive ketones (excluding diaryl/α,β-unsaturated/α-hetero) is 1. The molecule has 1 saturated carbocycles. The van der Waals surface area contributed by atoms with Crippen molar-refractivity contribution >= 4 is 23.2 Å². The second kappa shape index (κ2) is 9.65. The average Bonchev–Trinajstić information content (AvgIpc) is 2.99. The summed E-state index contributed by atoms with van der Waals surface area (Å²) in [5.41, 5.74) is 2.32. The van der Waals surface area contributed by atoms with Crippen LogP contribution in [0.15, 0.2) is 36.4 Å². The smallest absolute Gasteiger partial charge is 0.307 e. The van der Waals surface area contributed by atoms with Gasteiger partial charge in [0.25, 0.3) is 5.91 Å². The quantitative estimate of drug-likeness (QED) is 0.385. The van der Waals surface area contributed by atoms with Crippen molar-refractivity contribution in [2.45, 2.75) is 26.2 Å². The second-order valence-corrected chi connectivity index (χ2v) is 7.98. The Labute approximate surface area is 175 Å². The van der Waals surface area contributed by atoms with E-state index in [0.717, 1.165) is 12.0 Å². The lowest BCUT2D eigenvalue weighted by molar-refractivity contribution is -0.490. The number of hydrogen-bond donors (Lipinski definition) is 0. The van der Waals surface area contributed by atoms with Gasteiger partial charge in [-0.25, -0.2) is 0 Å². The van der Waals surface area contributed by atoms with E-state index in [1.54, 1.807) is 11.8 Å². The van der Waals surface area contributed by atoms with E-state index in [2.05, 4.69) is 0 Å². The third-order valence-corrected chi connectivity index (χ3v) is 5.99. The molecule has 1 fully saturated rings. The first-order valence-electron chi connectivity index (χ1n) is 10.2. The van der Waals surface area contributed by atoms with Gasteiger partial charge >= 0.3 is 5.97 Å². The largest absolute Gasteiger partial charge is 0.456 e. The van der Waals surface area contributed by atoms with E-state index < -0.39 is 22.7 Å². The molecule has 1 amide bonds. The molecular weight excluding hydrogens is 388 g/mol. The Morgan fingerprint density at radius 1 is 1.27 bits per heavy atom. The number of carbonyl (C=O) groups is 3. The summed E-state index contributed by atoms with van der Waals surface area (Å²) in [7, 11) is 0. The highest BCUT2D eigenvalue weighted by Crippen LogP contribution is 2.36. The molecule has 0 saturated heterocycles. The van der Waals surface area contributed by atoms with E-state index in [9.17, 15) is 24.5 Å². The standard InChI is InChI=1S/C22H26N2O6/c1-15-11-20(25)18(19(15)13-24(28)29)12-22(27)30-14-21(26)23-9-7-17(8-10-23)16-5-3-2-4-6-16/h2-7,15,18-19H,8-14H2,1H3/t15-,18-,19+/m0/s1. The fourth-order valence-corrected chi connectivity index (χ4v) is 4.28. The molecule has 8 heteroatoms. The van der Waals surface area contributed by atoms with Crippen LogP contribution in [0, 0.1) is 27.9 Å². The van der Waals surface area contributed by atoms with Crippen molar-refractivity contribution in [1.82, 2.24) is 4.90 Å². The lowest BCUT2D eigenvalue weighted by Crippen LogP contribution is -2.38. The molecular formula is C22H26N2O6. The number of rotatable bonds is 7. The van der Waals surface area contributed by atoms with Crippen molar-refractivity contribution in [3.05, 3.63) is 52.1 Å². The average molecular weight is 414 g/mol. The molecule has 0 radical (unpaired) electrons. The molecule has 3 atom stereocenters. The molecule has 1 aliphatic heterocycles. The van der Waals surface area contributed by atoms with Gasteiger partial charge in [0.1, 0.15) is 5.78 Å². The Morgan fingerprint density at radius 2 is 2.00 bits per heavy atom. The Bertz CT molecular complexity index is 850. The molecule has 1 heterocycles. The zero-order valence-corrected chi connectivity index (χ0v) is 17.0. The minimum Gasteiger partial charge on any atom is -0.456 e. The molecule has 3 rings (SSSR count). The second-order valence-electron chi connectivity index (χ2n) is 7.98. The van der Waals surface area contributed by atoms with Crippen LogP contribution in [0.4, 0.5) is 0 Å². The zero-order valence-electron chi connectivity index (χ0n) is 17.0. The minimum atomic E-state index is -0.709. The maximum atomic E-state index is 12.4. The summed E-state index contributed by atoms with van der Waals surface area (Å²) in [4.78, 5) is 48.7. The van der Waals surface area contributed by atoms with Crippen LogP contribution in [0.2, 0.25) is 0 Å². The summed E-state index contributed by atoms with van der Waals surface area (Å²) in [6, 6.07) is 9.96. The van der Waals surface area contributed by atoms with Gasteiger partial charge in [0.15, 0.2) is 6.61 Å². The van der Waals surface area contributed by atoms with Crippen LogP contribution in [0.25, 0.3) is 5.57 Å². The summed E-state index contributed by atoms with van der Waals surface area (Å²) in [6.07, 6.45) is 2.74. The van der Waals surface area contributed by atoms with Gasteiger partial charge in [-0.2, -0.15) is 0 Å². The van der Waals surface area contributed by atoms with E-state index in [0.29, 0.717) is 13.1 Å². The van der Waals surface area contributed by atoms with Crippen molar-refractivity contribution in [1.29, 1.82) is 0 Å². The molecule has 160 valence electrons. The predicted molar refractivity (Wildman–Crippen MR) is 109 cm³/mol. The van der Waals surface area contributed by atoms with Gasteiger partial charge in [-0.15, -0.1) is 0 Å². The number of nitro groups is 1. The maximum Gasteiger partial charge on any atom is 0.307 e. The molecule has 30 heavy (non-hydrogen) atoms. The number of benzene rings is 1. The summed E-state index contributed by atoms with van der Waals surface area (Å²) >= 11 is 0. The van der Waals surface area contributed by atoms with Crippen LogP contribution in [-0.2, 0) is 19.1 Å². The number of carbonyl (C=O) groups excluding carboxylic acids is 3. The molecule has 0 N–H and O–H groups in total.